The van der Waals surface area contributed by atoms with E-state index in [1.807, 2.05) is 35.0 Å². The molecule has 0 bridgehead atoms. The average molecular weight is 359 g/mol. The molecule has 2 heterocycles. The number of rotatable bonds is 6. The number of benzene rings is 1. The Kier molecular flexibility index (Phi) is 4.99. The van der Waals surface area contributed by atoms with E-state index in [-0.39, 0.29) is 24.8 Å². The quantitative estimate of drug-likeness (QED) is 0.684. The van der Waals surface area contributed by atoms with E-state index in [1.165, 1.54) is 11.3 Å². The van der Waals surface area contributed by atoms with E-state index >= 15 is 0 Å². The predicted molar refractivity (Wildman–Crippen MR) is 95.2 cm³/mol. The van der Waals surface area contributed by atoms with Crippen molar-refractivity contribution in [3.63, 3.8) is 0 Å². The Morgan fingerprint density at radius 1 is 1.32 bits per heavy atom. The molecule has 25 heavy (non-hydrogen) atoms. The van der Waals surface area contributed by atoms with Gasteiger partial charge >= 0.3 is 5.97 Å². The summed E-state index contributed by atoms with van der Waals surface area (Å²) in [5, 5.41) is 5.56. The van der Waals surface area contributed by atoms with Crippen LogP contribution < -0.4 is 10.1 Å². The molecule has 0 radical (unpaired) electrons. The lowest BCUT2D eigenvalue weighted by Gasteiger charge is -2.06. The predicted octanol–water partition coefficient (Wildman–Crippen LogP) is 2.92. The third kappa shape index (κ3) is 3.63. The highest BCUT2D eigenvalue weighted by atomic mass is 32.1. The Hall–Kier alpha value is -2.87. The molecule has 0 aliphatic carbocycles. The van der Waals surface area contributed by atoms with E-state index in [0.29, 0.717) is 5.13 Å². The van der Waals surface area contributed by atoms with Crippen LogP contribution in [0.1, 0.15) is 17.4 Å². The Bertz CT molecular complexity index is 916. The van der Waals surface area contributed by atoms with Gasteiger partial charge in [0.15, 0.2) is 10.8 Å². The molecule has 7 nitrogen and oxygen atoms in total. The highest BCUT2D eigenvalue weighted by molar-refractivity contribution is 7.14. The highest BCUT2D eigenvalue weighted by Crippen LogP contribution is 2.26. The fraction of sp³-hybridized carbons (Fsp3) is 0.235. The Labute approximate surface area is 148 Å². The number of thiazole rings is 1. The molecule has 0 fully saturated rings. The van der Waals surface area contributed by atoms with Gasteiger partial charge in [-0.25, -0.2) is 9.78 Å². The number of esters is 1. The monoisotopic (exact) mass is 359 g/mol. The topological polar surface area (TPSA) is 82.5 Å². The van der Waals surface area contributed by atoms with E-state index in [4.69, 9.17) is 9.47 Å². The van der Waals surface area contributed by atoms with Gasteiger partial charge in [0.25, 0.3) is 0 Å². The van der Waals surface area contributed by atoms with Crippen LogP contribution in [0.5, 0.6) is 5.75 Å². The minimum Gasteiger partial charge on any atom is -0.496 e. The maximum atomic E-state index is 12.3. The molecule has 1 aromatic carbocycles. The molecule has 130 valence electrons. The lowest BCUT2D eigenvalue weighted by molar-refractivity contribution is -0.116. The zero-order chi connectivity index (χ0) is 17.8. The number of nitrogens with one attached hydrogen (secondary N) is 1. The normalized spacial score (nSPS) is 10.6. The largest absolute Gasteiger partial charge is 0.496 e. The van der Waals surface area contributed by atoms with Crippen molar-refractivity contribution in [3.05, 3.63) is 41.5 Å². The summed E-state index contributed by atoms with van der Waals surface area (Å²) >= 11 is 1.18. The van der Waals surface area contributed by atoms with Crippen LogP contribution in [-0.2, 0) is 16.1 Å². The molecule has 0 aliphatic heterocycles. The van der Waals surface area contributed by atoms with Crippen molar-refractivity contribution < 1.29 is 19.1 Å². The molecule has 1 amide bonds. The van der Waals surface area contributed by atoms with Crippen LogP contribution in [0, 0.1) is 0 Å². The molecule has 0 saturated heterocycles. The number of hydrogen-bond acceptors (Lipinski definition) is 6. The lowest BCUT2D eigenvalue weighted by atomic mass is 10.2. The summed E-state index contributed by atoms with van der Waals surface area (Å²) in [5.41, 5.74) is 1.10. The average Bonchev–Trinajstić information content (AvgIpc) is 3.22. The van der Waals surface area contributed by atoms with Gasteiger partial charge in [0.05, 0.1) is 19.2 Å². The minimum absolute atomic E-state index is 0.130. The minimum atomic E-state index is -0.497. The van der Waals surface area contributed by atoms with Crippen LogP contribution in [0.25, 0.3) is 10.9 Å². The molecule has 0 spiro atoms. The van der Waals surface area contributed by atoms with Crippen molar-refractivity contribution in [2.45, 2.75) is 13.5 Å². The second-order valence-corrected chi connectivity index (χ2v) is 6.00. The second-order valence-electron chi connectivity index (χ2n) is 5.14. The number of ether oxygens (including phenoxy) is 2. The third-order valence-corrected chi connectivity index (χ3v) is 4.30. The zero-order valence-electron chi connectivity index (χ0n) is 13.8. The number of carbonyl (C=O) groups is 2. The number of carbonyl (C=O) groups excluding carboxylic acids is 2. The van der Waals surface area contributed by atoms with Gasteiger partial charge in [-0.1, -0.05) is 6.07 Å². The van der Waals surface area contributed by atoms with E-state index in [9.17, 15) is 9.59 Å². The molecule has 2 aromatic heterocycles. The van der Waals surface area contributed by atoms with Crippen molar-refractivity contribution in [3.8, 4) is 5.75 Å². The SMILES string of the molecule is CCOC(=O)c1csc(NC(=O)Cn2ccc3c(OC)cccc32)n1. The Morgan fingerprint density at radius 2 is 2.16 bits per heavy atom. The van der Waals surface area contributed by atoms with Crippen LogP contribution >= 0.6 is 11.3 Å². The maximum absolute atomic E-state index is 12.3. The smallest absolute Gasteiger partial charge is 0.357 e. The number of hydrogen-bond donors (Lipinski definition) is 1. The standard InChI is InChI=1S/C17H17N3O4S/c1-3-24-16(22)12-10-25-17(18-12)19-15(21)9-20-8-7-11-13(20)5-4-6-14(11)23-2/h4-8,10H,3,9H2,1-2H3,(H,18,19,21). The van der Waals surface area contributed by atoms with Crippen LogP contribution in [0.4, 0.5) is 5.13 Å². The lowest BCUT2D eigenvalue weighted by Crippen LogP contribution is -2.18. The molecule has 3 rings (SSSR count). The number of nitrogens with zero attached hydrogens (tertiary/aromatic N) is 2. The summed E-state index contributed by atoms with van der Waals surface area (Å²) in [4.78, 5) is 27.9. The van der Waals surface area contributed by atoms with Crippen LogP contribution in [0.2, 0.25) is 0 Å². The van der Waals surface area contributed by atoms with E-state index in [2.05, 4.69) is 10.3 Å². The van der Waals surface area contributed by atoms with Crippen LogP contribution in [0.15, 0.2) is 35.8 Å². The molecule has 8 heteroatoms. The third-order valence-electron chi connectivity index (χ3n) is 3.54. The first-order valence-electron chi connectivity index (χ1n) is 7.66. The van der Waals surface area contributed by atoms with E-state index in [0.717, 1.165) is 16.7 Å². The fourth-order valence-corrected chi connectivity index (χ4v) is 3.15. The maximum Gasteiger partial charge on any atom is 0.357 e. The first-order valence-corrected chi connectivity index (χ1v) is 8.54. The molecule has 3 aromatic rings. The summed E-state index contributed by atoms with van der Waals surface area (Å²) in [5.74, 6) is 0.0310. The van der Waals surface area contributed by atoms with Gasteiger partial charge in [0.2, 0.25) is 5.91 Å². The first-order chi connectivity index (χ1) is 12.1. The summed E-state index contributed by atoms with van der Waals surface area (Å²) in [7, 11) is 1.61. The molecular weight excluding hydrogens is 342 g/mol. The molecule has 0 atom stereocenters. The molecule has 0 aliphatic rings. The molecule has 0 unspecified atom stereocenters. The fourth-order valence-electron chi connectivity index (χ4n) is 2.45. The van der Waals surface area contributed by atoms with Gasteiger partial charge in [-0.05, 0) is 25.1 Å². The van der Waals surface area contributed by atoms with Gasteiger partial charge in [0, 0.05) is 17.0 Å². The van der Waals surface area contributed by atoms with E-state index < -0.39 is 5.97 Å². The number of methoxy groups -OCH3 is 1. The number of amides is 1. The van der Waals surface area contributed by atoms with E-state index in [1.54, 1.807) is 19.4 Å². The van der Waals surface area contributed by atoms with Gasteiger partial charge in [0.1, 0.15) is 12.3 Å². The van der Waals surface area contributed by atoms with Crippen LogP contribution in [0.3, 0.4) is 0 Å². The van der Waals surface area contributed by atoms with Crippen molar-refractivity contribution in [1.82, 2.24) is 9.55 Å². The van der Waals surface area contributed by atoms with Crippen molar-refractivity contribution in [1.29, 1.82) is 0 Å². The molecular formula is C17H17N3O4S. The number of aromatic nitrogens is 2. The zero-order valence-corrected chi connectivity index (χ0v) is 14.6. The van der Waals surface area contributed by atoms with Crippen molar-refractivity contribution in [2.24, 2.45) is 0 Å². The van der Waals surface area contributed by atoms with Gasteiger partial charge < -0.3 is 19.4 Å². The first kappa shape index (κ1) is 17.0. The Balaban J connectivity index is 1.70. The summed E-state index contributed by atoms with van der Waals surface area (Å²) < 4.78 is 12.0. The number of anilines is 1. The van der Waals surface area contributed by atoms with Gasteiger partial charge in [-0.3, -0.25) is 4.79 Å². The number of fused-ring (bicyclic) bond motifs is 1. The van der Waals surface area contributed by atoms with Gasteiger partial charge in [-0.15, -0.1) is 11.3 Å². The summed E-state index contributed by atoms with van der Waals surface area (Å²) in [6.45, 7) is 2.14. The van der Waals surface area contributed by atoms with Crippen molar-refractivity contribution in [2.75, 3.05) is 19.0 Å². The summed E-state index contributed by atoms with van der Waals surface area (Å²) in [6, 6.07) is 7.58. The molecule has 0 saturated carbocycles. The Morgan fingerprint density at radius 3 is 2.92 bits per heavy atom. The van der Waals surface area contributed by atoms with Gasteiger partial charge in [-0.2, -0.15) is 0 Å². The highest BCUT2D eigenvalue weighted by Gasteiger charge is 2.14. The molecule has 1 N–H and O–H groups in total. The van der Waals surface area contributed by atoms with Crippen LogP contribution in [-0.4, -0.2) is 35.1 Å². The second kappa shape index (κ2) is 7.35. The van der Waals surface area contributed by atoms with Crippen molar-refractivity contribution >= 4 is 39.2 Å². The summed E-state index contributed by atoms with van der Waals surface area (Å²) in [6.07, 6.45) is 1.83.